The molecule has 2 fully saturated rings. The summed E-state index contributed by atoms with van der Waals surface area (Å²) in [4.78, 5) is 35.2. The van der Waals surface area contributed by atoms with Crippen LogP contribution in [-0.2, 0) is 22.6 Å². The standard InChI is InChI=1S/C28H34N4O2/c1-3-20-11-7-9-15-24(20)31-18-21(17-26(31)33)28-29-23-14-8-10-16-25(23)32(28)19-27(34)30(2)22-12-5-4-6-13-22/h7-11,14-16,21-22H,3-6,12-13,17-19H2,1-2H3. The predicted molar refractivity (Wildman–Crippen MR) is 135 cm³/mol. The molecule has 1 aromatic heterocycles. The molecule has 2 heterocycles. The summed E-state index contributed by atoms with van der Waals surface area (Å²) in [7, 11) is 1.94. The minimum atomic E-state index is -0.0439. The van der Waals surface area contributed by atoms with E-state index < -0.39 is 0 Å². The van der Waals surface area contributed by atoms with Gasteiger partial charge >= 0.3 is 0 Å². The summed E-state index contributed by atoms with van der Waals surface area (Å²) in [6, 6.07) is 16.4. The summed E-state index contributed by atoms with van der Waals surface area (Å²) in [6.45, 7) is 2.97. The number of nitrogens with zero attached hydrogens (tertiary/aromatic N) is 4. The lowest BCUT2D eigenvalue weighted by Gasteiger charge is -2.31. The van der Waals surface area contributed by atoms with E-state index in [0.717, 1.165) is 41.8 Å². The Balaban J connectivity index is 1.44. The highest BCUT2D eigenvalue weighted by Crippen LogP contribution is 2.35. The van der Waals surface area contributed by atoms with Crippen LogP contribution < -0.4 is 4.90 Å². The van der Waals surface area contributed by atoms with Crippen molar-refractivity contribution in [3.05, 3.63) is 59.9 Å². The smallest absolute Gasteiger partial charge is 0.242 e. The van der Waals surface area contributed by atoms with E-state index in [-0.39, 0.29) is 24.3 Å². The third-order valence-corrected chi connectivity index (χ3v) is 7.65. The topological polar surface area (TPSA) is 58.4 Å². The van der Waals surface area contributed by atoms with Crippen LogP contribution in [0, 0.1) is 0 Å². The van der Waals surface area contributed by atoms with E-state index in [9.17, 15) is 9.59 Å². The van der Waals surface area contributed by atoms with Crippen molar-refractivity contribution < 1.29 is 9.59 Å². The number of fused-ring (bicyclic) bond motifs is 1. The molecule has 2 aromatic carbocycles. The molecular weight excluding hydrogens is 424 g/mol. The van der Waals surface area contributed by atoms with Gasteiger partial charge in [0.2, 0.25) is 11.8 Å². The maximum Gasteiger partial charge on any atom is 0.242 e. The highest BCUT2D eigenvalue weighted by atomic mass is 16.2. The fourth-order valence-corrected chi connectivity index (χ4v) is 5.68. The maximum absolute atomic E-state index is 13.4. The van der Waals surface area contributed by atoms with Gasteiger partial charge in [0.25, 0.3) is 0 Å². The molecule has 34 heavy (non-hydrogen) atoms. The van der Waals surface area contributed by atoms with E-state index in [0.29, 0.717) is 19.0 Å². The van der Waals surface area contributed by atoms with Gasteiger partial charge in [0, 0.05) is 37.7 Å². The van der Waals surface area contributed by atoms with Gasteiger partial charge < -0.3 is 14.4 Å². The molecule has 1 aliphatic heterocycles. The zero-order chi connectivity index (χ0) is 23.7. The summed E-state index contributed by atoms with van der Waals surface area (Å²) in [5, 5.41) is 0. The molecule has 0 radical (unpaired) electrons. The largest absolute Gasteiger partial charge is 0.341 e. The number of para-hydroxylation sites is 3. The molecule has 0 N–H and O–H groups in total. The number of imidazole rings is 1. The van der Waals surface area contributed by atoms with E-state index in [1.165, 1.54) is 24.8 Å². The van der Waals surface area contributed by atoms with Gasteiger partial charge in [-0.15, -0.1) is 0 Å². The summed E-state index contributed by atoms with van der Waals surface area (Å²) < 4.78 is 2.06. The first-order valence-electron chi connectivity index (χ1n) is 12.7. The number of hydrogen-bond acceptors (Lipinski definition) is 3. The van der Waals surface area contributed by atoms with E-state index in [2.05, 4.69) is 17.6 Å². The minimum absolute atomic E-state index is 0.0439. The molecular formula is C28H34N4O2. The Morgan fingerprint density at radius 1 is 1.06 bits per heavy atom. The third kappa shape index (κ3) is 4.22. The molecule has 1 saturated carbocycles. The number of benzene rings is 2. The van der Waals surface area contributed by atoms with Gasteiger partial charge in [0.05, 0.1) is 11.0 Å². The number of carbonyl (C=O) groups excluding carboxylic acids is 2. The molecule has 2 amide bonds. The van der Waals surface area contributed by atoms with Gasteiger partial charge in [-0.1, -0.05) is 56.5 Å². The van der Waals surface area contributed by atoms with Crippen LogP contribution in [0.25, 0.3) is 11.0 Å². The Morgan fingerprint density at radius 3 is 2.59 bits per heavy atom. The van der Waals surface area contributed by atoms with Crippen LogP contribution in [0.3, 0.4) is 0 Å². The number of amides is 2. The zero-order valence-corrected chi connectivity index (χ0v) is 20.2. The molecule has 3 aromatic rings. The van der Waals surface area contributed by atoms with Crippen LogP contribution >= 0.6 is 0 Å². The van der Waals surface area contributed by atoms with Crippen LogP contribution in [0.5, 0.6) is 0 Å². The lowest BCUT2D eigenvalue weighted by molar-refractivity contribution is -0.133. The fourth-order valence-electron chi connectivity index (χ4n) is 5.68. The summed E-state index contributed by atoms with van der Waals surface area (Å²) in [5.41, 5.74) is 4.01. The normalized spacial score (nSPS) is 19.2. The number of hydrogen-bond donors (Lipinski definition) is 0. The van der Waals surface area contributed by atoms with Crippen molar-refractivity contribution in [1.29, 1.82) is 0 Å². The second-order valence-corrected chi connectivity index (χ2v) is 9.73. The summed E-state index contributed by atoms with van der Waals surface area (Å²) >= 11 is 0. The second-order valence-electron chi connectivity index (χ2n) is 9.73. The lowest BCUT2D eigenvalue weighted by Crippen LogP contribution is -2.40. The average Bonchev–Trinajstić information content (AvgIpc) is 3.44. The maximum atomic E-state index is 13.4. The number of aromatic nitrogens is 2. The Hall–Kier alpha value is -3.15. The molecule has 6 heteroatoms. The average molecular weight is 459 g/mol. The second kappa shape index (κ2) is 9.61. The van der Waals surface area contributed by atoms with Crippen LogP contribution in [0.1, 0.15) is 62.8 Å². The molecule has 1 atom stereocenters. The van der Waals surface area contributed by atoms with E-state index in [1.807, 2.05) is 59.3 Å². The molecule has 5 rings (SSSR count). The Labute approximate surface area is 201 Å². The minimum Gasteiger partial charge on any atom is -0.341 e. The predicted octanol–water partition coefficient (Wildman–Crippen LogP) is 4.91. The first kappa shape index (κ1) is 22.6. The monoisotopic (exact) mass is 458 g/mol. The molecule has 178 valence electrons. The number of likely N-dealkylation sites (N-methyl/N-ethyl adjacent to an activating group) is 1. The summed E-state index contributed by atoms with van der Waals surface area (Å²) in [6.07, 6.45) is 7.12. The van der Waals surface area contributed by atoms with Crippen LogP contribution in [0.15, 0.2) is 48.5 Å². The molecule has 1 saturated heterocycles. The Morgan fingerprint density at radius 2 is 1.79 bits per heavy atom. The highest BCUT2D eigenvalue weighted by Gasteiger charge is 2.36. The third-order valence-electron chi connectivity index (χ3n) is 7.65. The fraction of sp³-hybridized carbons (Fsp3) is 0.464. The highest BCUT2D eigenvalue weighted by molar-refractivity contribution is 5.97. The molecule has 1 aliphatic carbocycles. The quantitative estimate of drug-likeness (QED) is 0.527. The van der Waals surface area contributed by atoms with Crippen LogP contribution in [0.4, 0.5) is 5.69 Å². The van der Waals surface area contributed by atoms with Crippen molar-refractivity contribution in [1.82, 2.24) is 14.5 Å². The van der Waals surface area contributed by atoms with Crippen LogP contribution in [0.2, 0.25) is 0 Å². The number of rotatable bonds is 6. The van der Waals surface area contributed by atoms with Crippen molar-refractivity contribution >= 4 is 28.5 Å². The zero-order valence-electron chi connectivity index (χ0n) is 20.2. The molecule has 2 aliphatic rings. The van der Waals surface area contributed by atoms with Gasteiger partial charge in [-0.2, -0.15) is 0 Å². The van der Waals surface area contributed by atoms with E-state index >= 15 is 0 Å². The van der Waals surface area contributed by atoms with E-state index in [1.54, 1.807) is 0 Å². The van der Waals surface area contributed by atoms with Crippen molar-refractivity contribution in [3.63, 3.8) is 0 Å². The first-order chi connectivity index (χ1) is 16.6. The van der Waals surface area contributed by atoms with Gasteiger partial charge in [-0.25, -0.2) is 4.98 Å². The van der Waals surface area contributed by atoms with Crippen molar-refractivity contribution in [2.24, 2.45) is 0 Å². The van der Waals surface area contributed by atoms with Gasteiger partial charge in [-0.05, 0) is 43.0 Å². The molecule has 0 spiro atoms. The molecule has 6 nitrogen and oxygen atoms in total. The van der Waals surface area contributed by atoms with Gasteiger partial charge in [0.1, 0.15) is 12.4 Å². The SMILES string of the molecule is CCc1ccccc1N1CC(c2nc3ccccc3n2CC(=O)N(C)C2CCCCC2)CC1=O. The van der Waals surface area contributed by atoms with Gasteiger partial charge in [0.15, 0.2) is 0 Å². The number of anilines is 1. The Kier molecular flexibility index (Phi) is 6.40. The number of aryl methyl sites for hydroxylation is 1. The van der Waals surface area contributed by atoms with Crippen molar-refractivity contribution in [2.45, 2.75) is 70.4 Å². The molecule has 0 bridgehead atoms. The Bertz CT molecular complexity index is 1190. The van der Waals surface area contributed by atoms with Crippen molar-refractivity contribution in [2.75, 3.05) is 18.5 Å². The van der Waals surface area contributed by atoms with E-state index in [4.69, 9.17) is 4.98 Å². The first-order valence-corrected chi connectivity index (χ1v) is 12.7. The lowest BCUT2D eigenvalue weighted by atomic mass is 9.94. The van der Waals surface area contributed by atoms with Gasteiger partial charge in [-0.3, -0.25) is 9.59 Å². The number of carbonyl (C=O) groups is 2. The summed E-state index contributed by atoms with van der Waals surface area (Å²) in [5.74, 6) is 1.04. The van der Waals surface area contributed by atoms with Crippen molar-refractivity contribution in [3.8, 4) is 0 Å². The van der Waals surface area contributed by atoms with Crippen LogP contribution in [-0.4, -0.2) is 45.9 Å². The molecule has 1 unspecified atom stereocenters.